The van der Waals surface area contributed by atoms with E-state index in [1.165, 1.54) is 0 Å². The Morgan fingerprint density at radius 3 is 2.12 bits per heavy atom. The van der Waals surface area contributed by atoms with Crippen LogP contribution >= 0.6 is 0 Å². The van der Waals surface area contributed by atoms with Gasteiger partial charge in [-0.05, 0) is 30.3 Å². The number of nitrogens with zero attached hydrogens (tertiary/aromatic N) is 1. The molecule has 0 unspecified atom stereocenters. The van der Waals surface area contributed by atoms with E-state index in [9.17, 15) is 0 Å². The maximum Gasteiger partial charge on any atom is 0.263 e. The van der Waals surface area contributed by atoms with Crippen LogP contribution in [0, 0.1) is 10.8 Å². The summed E-state index contributed by atoms with van der Waals surface area (Å²) in [7, 11) is 0. The van der Waals surface area contributed by atoms with Crippen molar-refractivity contribution in [2.24, 2.45) is 11.5 Å². The average molecular weight is 345 g/mol. The van der Waals surface area contributed by atoms with Crippen molar-refractivity contribution in [2.45, 2.75) is 0 Å². The lowest BCUT2D eigenvalue weighted by Crippen LogP contribution is -2.10. The smallest absolute Gasteiger partial charge is 0.263 e. The topological polar surface area (TPSA) is 139 Å². The van der Waals surface area contributed by atoms with E-state index in [4.69, 9.17) is 31.1 Å². The van der Waals surface area contributed by atoms with E-state index in [-0.39, 0.29) is 11.7 Å². The first-order valence-corrected chi connectivity index (χ1v) is 7.81. The first-order valence-electron chi connectivity index (χ1n) is 7.81. The first-order chi connectivity index (χ1) is 12.5. The standard InChI is InChI=1S/C19H15N5O2/c20-17(21)11-3-1-10(2-4-11)14-7-8-15(25-14)19-24-13-6-5-12(18(22)23)9-16(13)26-19/h1-9H,(H3,20,21)(H3,22,23). The zero-order valence-corrected chi connectivity index (χ0v) is 13.6. The van der Waals surface area contributed by atoms with Crippen molar-refractivity contribution in [3.05, 3.63) is 65.7 Å². The summed E-state index contributed by atoms with van der Waals surface area (Å²) in [6.45, 7) is 0. The van der Waals surface area contributed by atoms with Gasteiger partial charge in [0.25, 0.3) is 5.89 Å². The summed E-state index contributed by atoms with van der Waals surface area (Å²) in [5.41, 5.74) is 14.3. The number of nitrogens with one attached hydrogen (secondary N) is 2. The highest BCUT2D eigenvalue weighted by molar-refractivity contribution is 5.97. The van der Waals surface area contributed by atoms with Gasteiger partial charge >= 0.3 is 0 Å². The summed E-state index contributed by atoms with van der Waals surface area (Å²) in [5, 5.41) is 14.9. The van der Waals surface area contributed by atoms with Crippen LogP contribution in [0.25, 0.3) is 34.1 Å². The van der Waals surface area contributed by atoms with Crippen LogP contribution < -0.4 is 11.5 Å². The van der Waals surface area contributed by atoms with Crippen LogP contribution in [0.4, 0.5) is 0 Å². The van der Waals surface area contributed by atoms with Crippen LogP contribution in [0.2, 0.25) is 0 Å². The van der Waals surface area contributed by atoms with Gasteiger partial charge in [-0.3, -0.25) is 10.8 Å². The van der Waals surface area contributed by atoms with Gasteiger partial charge in [-0.15, -0.1) is 0 Å². The minimum absolute atomic E-state index is 0.0214. The van der Waals surface area contributed by atoms with Crippen molar-refractivity contribution < 1.29 is 8.83 Å². The average Bonchev–Trinajstić information content (AvgIpc) is 3.27. The van der Waals surface area contributed by atoms with E-state index in [2.05, 4.69) is 4.98 Å². The lowest BCUT2D eigenvalue weighted by Gasteiger charge is -2.00. The molecule has 0 bridgehead atoms. The van der Waals surface area contributed by atoms with Crippen molar-refractivity contribution in [3.8, 4) is 23.0 Å². The number of aromatic nitrogens is 1. The van der Waals surface area contributed by atoms with Crippen molar-refractivity contribution in [1.29, 1.82) is 10.8 Å². The van der Waals surface area contributed by atoms with Crippen molar-refractivity contribution in [3.63, 3.8) is 0 Å². The Hall–Kier alpha value is -3.87. The normalized spacial score (nSPS) is 10.9. The molecule has 0 fully saturated rings. The molecule has 0 radical (unpaired) electrons. The van der Waals surface area contributed by atoms with E-state index in [1.54, 1.807) is 36.4 Å². The summed E-state index contributed by atoms with van der Waals surface area (Å²) < 4.78 is 11.6. The molecule has 4 aromatic rings. The zero-order valence-electron chi connectivity index (χ0n) is 13.6. The van der Waals surface area contributed by atoms with Gasteiger partial charge in [-0.1, -0.05) is 24.3 Å². The molecule has 26 heavy (non-hydrogen) atoms. The summed E-state index contributed by atoms with van der Waals surface area (Å²) >= 11 is 0. The second kappa shape index (κ2) is 5.89. The molecular formula is C19H15N5O2. The Bertz CT molecular complexity index is 1140. The predicted molar refractivity (Wildman–Crippen MR) is 99.2 cm³/mol. The monoisotopic (exact) mass is 345 g/mol. The van der Waals surface area contributed by atoms with E-state index >= 15 is 0 Å². The highest BCUT2D eigenvalue weighted by atomic mass is 16.4. The molecule has 0 aliphatic rings. The third-order valence-corrected chi connectivity index (χ3v) is 4.00. The molecule has 0 saturated heterocycles. The number of amidine groups is 2. The highest BCUT2D eigenvalue weighted by Gasteiger charge is 2.14. The van der Waals surface area contributed by atoms with Gasteiger partial charge in [-0.2, -0.15) is 0 Å². The Balaban J connectivity index is 1.68. The number of oxazole rings is 1. The summed E-state index contributed by atoms with van der Waals surface area (Å²) in [6.07, 6.45) is 0. The van der Waals surface area contributed by atoms with Crippen LogP contribution in [-0.2, 0) is 0 Å². The van der Waals surface area contributed by atoms with Crippen LogP contribution in [0.1, 0.15) is 11.1 Å². The quantitative estimate of drug-likeness (QED) is 0.332. The number of nitrogen functional groups attached to an aromatic ring is 2. The second-order valence-corrected chi connectivity index (χ2v) is 5.77. The summed E-state index contributed by atoms with van der Waals surface area (Å²) in [4.78, 5) is 4.41. The van der Waals surface area contributed by atoms with Gasteiger partial charge < -0.3 is 20.3 Å². The van der Waals surface area contributed by atoms with E-state index in [1.807, 2.05) is 18.2 Å². The number of hydrogen-bond donors (Lipinski definition) is 4. The minimum atomic E-state index is -0.0286. The zero-order chi connectivity index (χ0) is 18.3. The fourth-order valence-electron chi connectivity index (χ4n) is 2.62. The maximum atomic E-state index is 7.50. The number of fused-ring (bicyclic) bond motifs is 1. The molecule has 4 rings (SSSR count). The molecule has 128 valence electrons. The third kappa shape index (κ3) is 2.71. The molecule has 7 heteroatoms. The number of rotatable bonds is 4. The van der Waals surface area contributed by atoms with Crippen molar-refractivity contribution >= 4 is 22.8 Å². The Kier molecular flexibility index (Phi) is 3.54. The van der Waals surface area contributed by atoms with E-state index in [0.717, 1.165) is 5.56 Å². The van der Waals surface area contributed by atoms with Gasteiger partial charge in [0.05, 0.1) is 0 Å². The second-order valence-electron chi connectivity index (χ2n) is 5.77. The molecular weight excluding hydrogens is 330 g/mol. The minimum Gasteiger partial charge on any atom is -0.451 e. The van der Waals surface area contributed by atoms with Crippen molar-refractivity contribution in [2.75, 3.05) is 0 Å². The van der Waals surface area contributed by atoms with Crippen LogP contribution in [-0.4, -0.2) is 16.7 Å². The van der Waals surface area contributed by atoms with E-state index in [0.29, 0.717) is 39.6 Å². The Morgan fingerprint density at radius 1 is 0.769 bits per heavy atom. The molecule has 2 aromatic carbocycles. The van der Waals surface area contributed by atoms with Crippen LogP contribution in [0.15, 0.2) is 63.4 Å². The lowest BCUT2D eigenvalue weighted by atomic mass is 10.1. The SMILES string of the molecule is N=C(N)c1ccc(-c2ccc(-c3nc4ccc(C(=N)N)cc4o3)o2)cc1. The molecule has 7 nitrogen and oxygen atoms in total. The molecule has 0 saturated carbocycles. The molecule has 0 amide bonds. The van der Waals surface area contributed by atoms with Crippen LogP contribution in [0.5, 0.6) is 0 Å². The van der Waals surface area contributed by atoms with Gasteiger partial charge in [0.15, 0.2) is 11.3 Å². The third-order valence-electron chi connectivity index (χ3n) is 4.00. The fourth-order valence-corrected chi connectivity index (χ4v) is 2.62. The summed E-state index contributed by atoms with van der Waals surface area (Å²) in [6, 6.07) is 16.0. The molecule has 0 atom stereocenters. The number of nitrogens with two attached hydrogens (primary N) is 2. The Morgan fingerprint density at radius 2 is 1.42 bits per heavy atom. The highest BCUT2D eigenvalue weighted by Crippen LogP contribution is 2.30. The number of benzene rings is 2. The molecule has 2 aromatic heterocycles. The van der Waals surface area contributed by atoms with Gasteiger partial charge in [-0.25, -0.2) is 4.98 Å². The predicted octanol–water partition coefficient (Wildman–Crippen LogP) is 3.32. The fraction of sp³-hybridized carbons (Fsp3) is 0. The van der Waals surface area contributed by atoms with Gasteiger partial charge in [0.1, 0.15) is 22.9 Å². The van der Waals surface area contributed by atoms with E-state index < -0.39 is 0 Å². The molecule has 0 aliphatic carbocycles. The van der Waals surface area contributed by atoms with Crippen LogP contribution in [0.3, 0.4) is 0 Å². The first kappa shape index (κ1) is 15.6. The largest absolute Gasteiger partial charge is 0.451 e. The summed E-state index contributed by atoms with van der Waals surface area (Å²) in [5.74, 6) is 1.50. The maximum absolute atomic E-state index is 7.50. The van der Waals surface area contributed by atoms with Gasteiger partial charge in [0.2, 0.25) is 0 Å². The number of furan rings is 1. The van der Waals surface area contributed by atoms with Crippen molar-refractivity contribution in [1.82, 2.24) is 4.98 Å². The molecule has 6 N–H and O–H groups in total. The molecule has 2 heterocycles. The lowest BCUT2D eigenvalue weighted by molar-refractivity contribution is 0.543. The molecule has 0 spiro atoms. The molecule has 0 aliphatic heterocycles. The Labute approximate surface area is 148 Å². The van der Waals surface area contributed by atoms with Gasteiger partial charge in [0, 0.05) is 16.7 Å². The number of hydrogen-bond acceptors (Lipinski definition) is 5.